The second-order valence-electron chi connectivity index (χ2n) is 12.7. The van der Waals surface area contributed by atoms with Crippen LogP contribution in [-0.2, 0) is 20.7 Å². The molecule has 0 saturated carbocycles. The minimum absolute atomic E-state index is 0.0504. The highest BCUT2D eigenvalue weighted by Gasteiger charge is 2.37. The Balaban J connectivity index is 1.61. The van der Waals surface area contributed by atoms with Crippen LogP contribution >= 0.6 is 27.3 Å². The number of benzene rings is 1. The topological polar surface area (TPSA) is 81.8 Å². The lowest BCUT2D eigenvalue weighted by Gasteiger charge is -2.40. The molecule has 1 atom stereocenters. The van der Waals surface area contributed by atoms with E-state index in [0.29, 0.717) is 16.9 Å². The highest BCUT2D eigenvalue weighted by atomic mass is 79.9. The number of nitrogens with zero attached hydrogens (tertiary/aromatic N) is 5. The van der Waals surface area contributed by atoms with Crippen LogP contribution in [0, 0.1) is 12.3 Å². The van der Waals surface area contributed by atoms with Crippen LogP contribution in [0.25, 0.3) is 16.3 Å². The Morgan fingerprint density at radius 2 is 1.98 bits per heavy atom. The maximum atomic E-state index is 13.5. The molecule has 1 unspecified atom stereocenters. The van der Waals surface area contributed by atoms with E-state index in [1.807, 2.05) is 75.7 Å². The van der Waals surface area contributed by atoms with Gasteiger partial charge in [-0.3, -0.25) is 0 Å². The summed E-state index contributed by atoms with van der Waals surface area (Å²) in [5.41, 5.74) is 3.48. The molecule has 0 radical (unpaired) electrons. The number of carbonyl (C=O) groups is 1. The first kappa shape index (κ1) is 33.0. The number of hydrogen-bond acceptors (Lipinski definition) is 8. The number of rotatable bonds is 10. The molecule has 238 valence electrons. The summed E-state index contributed by atoms with van der Waals surface area (Å²) in [7, 11) is 0. The predicted octanol–water partition coefficient (Wildman–Crippen LogP) is 8.28. The number of piperidine rings is 1. The molecule has 1 saturated heterocycles. The SMILES string of the molecule is C=CC=CC1(C)CCN(c2c(C(OC(C)(C)C)C(=O)OCC)c(C)nc3cc(-c4ncc(Cc5ccccc5Br)s4)nn23)CC1. The van der Waals surface area contributed by atoms with Crippen molar-refractivity contribution in [2.75, 3.05) is 24.6 Å². The number of hydrogen-bond donors (Lipinski definition) is 0. The number of halogens is 1. The van der Waals surface area contributed by atoms with Crippen molar-refractivity contribution in [1.29, 1.82) is 0 Å². The van der Waals surface area contributed by atoms with Gasteiger partial charge in [0.15, 0.2) is 11.8 Å². The van der Waals surface area contributed by atoms with Gasteiger partial charge in [0.2, 0.25) is 0 Å². The molecule has 3 aromatic heterocycles. The van der Waals surface area contributed by atoms with Gasteiger partial charge >= 0.3 is 5.97 Å². The number of aryl methyl sites for hydroxylation is 1. The summed E-state index contributed by atoms with van der Waals surface area (Å²) >= 11 is 5.29. The van der Waals surface area contributed by atoms with Gasteiger partial charge < -0.3 is 14.4 Å². The fourth-order valence-corrected chi connectivity index (χ4v) is 6.98. The number of fused-ring (bicyclic) bond motifs is 1. The number of allylic oxidation sites excluding steroid dienone is 3. The molecule has 1 aliphatic heterocycles. The lowest BCUT2D eigenvalue weighted by atomic mass is 9.80. The fourth-order valence-electron chi connectivity index (χ4n) is 5.66. The van der Waals surface area contributed by atoms with Crippen LogP contribution in [0.4, 0.5) is 5.82 Å². The first-order valence-electron chi connectivity index (χ1n) is 15.4. The molecule has 1 aliphatic rings. The zero-order valence-corrected chi connectivity index (χ0v) is 29.4. The predicted molar refractivity (Wildman–Crippen MR) is 185 cm³/mol. The largest absolute Gasteiger partial charge is 0.464 e. The molecular formula is C35H42BrN5O3S. The van der Waals surface area contributed by atoms with Crippen molar-refractivity contribution in [1.82, 2.24) is 19.6 Å². The molecule has 10 heteroatoms. The summed E-state index contributed by atoms with van der Waals surface area (Å²) in [4.78, 5) is 26.7. The van der Waals surface area contributed by atoms with E-state index in [9.17, 15) is 4.79 Å². The van der Waals surface area contributed by atoms with E-state index < -0.39 is 17.7 Å². The first-order valence-corrected chi connectivity index (χ1v) is 17.0. The summed E-state index contributed by atoms with van der Waals surface area (Å²) in [6.45, 7) is 17.5. The van der Waals surface area contributed by atoms with Crippen LogP contribution in [0.1, 0.15) is 75.3 Å². The van der Waals surface area contributed by atoms with E-state index in [1.165, 1.54) is 5.56 Å². The Bertz CT molecular complexity index is 1710. The Kier molecular flexibility index (Phi) is 9.96. The third-order valence-electron chi connectivity index (χ3n) is 7.97. The van der Waals surface area contributed by atoms with Crippen LogP contribution in [-0.4, -0.2) is 50.8 Å². The highest BCUT2D eigenvalue weighted by molar-refractivity contribution is 9.10. The Morgan fingerprint density at radius 3 is 2.64 bits per heavy atom. The van der Waals surface area contributed by atoms with Crippen LogP contribution in [0.2, 0.25) is 0 Å². The van der Waals surface area contributed by atoms with Gasteiger partial charge in [-0.2, -0.15) is 9.61 Å². The molecule has 1 fully saturated rings. The molecule has 0 bridgehead atoms. The van der Waals surface area contributed by atoms with Gasteiger partial charge in [-0.1, -0.05) is 65.9 Å². The summed E-state index contributed by atoms with van der Waals surface area (Å²) in [5.74, 6) is 0.378. The van der Waals surface area contributed by atoms with Gasteiger partial charge in [-0.05, 0) is 64.5 Å². The lowest BCUT2D eigenvalue weighted by molar-refractivity contribution is -0.166. The number of thiazole rings is 1. The van der Waals surface area contributed by atoms with E-state index in [-0.39, 0.29) is 12.0 Å². The molecule has 0 N–H and O–H groups in total. The molecule has 45 heavy (non-hydrogen) atoms. The average molecular weight is 693 g/mol. The minimum Gasteiger partial charge on any atom is -0.464 e. The molecule has 5 rings (SSSR count). The van der Waals surface area contributed by atoms with Crippen molar-refractivity contribution in [3.05, 3.63) is 87.5 Å². The molecular weight excluding hydrogens is 650 g/mol. The summed E-state index contributed by atoms with van der Waals surface area (Å²) in [6.07, 6.45) is 9.70. The molecule has 1 aromatic carbocycles. The van der Waals surface area contributed by atoms with Crippen molar-refractivity contribution in [2.45, 2.75) is 72.5 Å². The van der Waals surface area contributed by atoms with Crippen LogP contribution in [0.5, 0.6) is 0 Å². The average Bonchev–Trinajstić information content (AvgIpc) is 3.63. The smallest absolute Gasteiger partial charge is 0.340 e. The number of carbonyl (C=O) groups excluding carboxylic acids is 1. The molecule has 4 aromatic rings. The fraction of sp³-hybridized carbons (Fsp3) is 0.429. The Labute approximate surface area is 278 Å². The van der Waals surface area contributed by atoms with E-state index in [2.05, 4.69) is 52.5 Å². The van der Waals surface area contributed by atoms with Gasteiger partial charge in [0.05, 0.1) is 17.8 Å². The highest BCUT2D eigenvalue weighted by Crippen LogP contribution is 2.40. The zero-order valence-electron chi connectivity index (χ0n) is 27.0. The second kappa shape index (κ2) is 13.6. The monoisotopic (exact) mass is 691 g/mol. The third-order valence-corrected chi connectivity index (χ3v) is 9.77. The quantitative estimate of drug-likeness (QED) is 0.122. The molecule has 8 nitrogen and oxygen atoms in total. The van der Waals surface area contributed by atoms with Gasteiger partial charge in [0.1, 0.15) is 16.5 Å². The van der Waals surface area contributed by atoms with Crippen LogP contribution in [0.3, 0.4) is 0 Å². The summed E-state index contributed by atoms with van der Waals surface area (Å²) in [5, 5.41) is 5.90. The first-order chi connectivity index (χ1) is 21.4. The molecule has 0 spiro atoms. The molecule has 0 aliphatic carbocycles. The van der Waals surface area contributed by atoms with Gasteiger partial charge in [-0.15, -0.1) is 11.3 Å². The van der Waals surface area contributed by atoms with Crippen LogP contribution < -0.4 is 4.90 Å². The number of ether oxygens (including phenoxy) is 2. The summed E-state index contributed by atoms with van der Waals surface area (Å²) < 4.78 is 14.9. The van der Waals surface area contributed by atoms with Crippen molar-refractivity contribution < 1.29 is 14.3 Å². The Hall–Kier alpha value is -3.34. The van der Waals surface area contributed by atoms with Crippen molar-refractivity contribution in [2.24, 2.45) is 5.41 Å². The van der Waals surface area contributed by atoms with Crippen LogP contribution in [0.15, 0.2) is 65.8 Å². The minimum atomic E-state index is -0.964. The van der Waals surface area contributed by atoms with E-state index in [0.717, 1.165) is 58.2 Å². The second-order valence-corrected chi connectivity index (χ2v) is 14.7. The zero-order chi connectivity index (χ0) is 32.4. The van der Waals surface area contributed by atoms with Gasteiger partial charge in [0, 0.05) is 46.8 Å². The van der Waals surface area contributed by atoms with Crippen molar-refractivity contribution in [3.63, 3.8) is 0 Å². The third kappa shape index (κ3) is 7.56. The van der Waals surface area contributed by atoms with Gasteiger partial charge in [0.25, 0.3) is 0 Å². The number of anilines is 1. The number of esters is 1. The maximum absolute atomic E-state index is 13.5. The Morgan fingerprint density at radius 1 is 1.24 bits per heavy atom. The van der Waals surface area contributed by atoms with Crippen molar-refractivity contribution in [3.8, 4) is 10.7 Å². The van der Waals surface area contributed by atoms with Crippen molar-refractivity contribution >= 4 is 44.7 Å². The van der Waals surface area contributed by atoms with Gasteiger partial charge in [-0.25, -0.2) is 14.8 Å². The molecule has 0 amide bonds. The van der Waals surface area contributed by atoms with E-state index in [1.54, 1.807) is 11.3 Å². The molecule has 4 heterocycles. The van der Waals surface area contributed by atoms with E-state index >= 15 is 0 Å². The number of aromatic nitrogens is 4. The lowest BCUT2D eigenvalue weighted by Crippen LogP contribution is -2.40. The summed E-state index contributed by atoms with van der Waals surface area (Å²) in [6, 6.07) is 10.2. The standard InChI is InChI=1S/C35H42BrN5O3S/c1-8-10-15-35(7)16-18-40(19-17-35)32-29(30(33(42)43-9-2)44-34(4,5)6)23(3)38-28-21-27(39-41(28)32)31-37-22-25(45-31)20-24-13-11-12-14-26(24)36/h8,10-15,21-22,30H,1,9,16-20H2,2-7H3. The maximum Gasteiger partial charge on any atom is 0.340 e. The normalized spacial score (nSPS) is 15.9. The van der Waals surface area contributed by atoms with E-state index in [4.69, 9.17) is 24.5 Å².